The van der Waals surface area contributed by atoms with Crippen molar-refractivity contribution >= 4 is 29.9 Å². The van der Waals surface area contributed by atoms with Gasteiger partial charge < -0.3 is 19.8 Å². The maximum atomic E-state index is 5.85. The summed E-state index contributed by atoms with van der Waals surface area (Å²) in [5.41, 5.74) is 0. The lowest BCUT2D eigenvalue weighted by Gasteiger charge is -2.47. The van der Waals surface area contributed by atoms with Gasteiger partial charge in [-0.2, -0.15) is 0 Å². The summed E-state index contributed by atoms with van der Waals surface area (Å²) in [6, 6.07) is 4.50. The number of aliphatic imine (C=N–C) groups is 1. The van der Waals surface area contributed by atoms with Crippen molar-refractivity contribution in [3.8, 4) is 0 Å². The Morgan fingerprint density at radius 2 is 2.07 bits per heavy atom. The quantitative estimate of drug-likeness (QED) is 0.335. The normalized spacial score (nSPS) is 29.9. The van der Waals surface area contributed by atoms with Gasteiger partial charge in [0.1, 0.15) is 5.76 Å². The fourth-order valence-electron chi connectivity index (χ4n) is 4.21. The highest BCUT2D eigenvalue weighted by molar-refractivity contribution is 14.0. The molecule has 28 heavy (non-hydrogen) atoms. The van der Waals surface area contributed by atoms with E-state index in [-0.39, 0.29) is 24.0 Å². The minimum atomic E-state index is 0. The van der Waals surface area contributed by atoms with Crippen molar-refractivity contribution in [2.75, 3.05) is 59.0 Å². The smallest absolute Gasteiger partial charge is 0.191 e. The van der Waals surface area contributed by atoms with Gasteiger partial charge in [0.15, 0.2) is 5.96 Å². The predicted molar refractivity (Wildman–Crippen MR) is 122 cm³/mol. The molecule has 0 amide bonds. The monoisotopic (exact) mass is 503 g/mol. The Bertz CT molecular complexity index is 583. The third kappa shape index (κ3) is 6.33. The second-order valence-corrected chi connectivity index (χ2v) is 7.81. The molecule has 2 bridgehead atoms. The van der Waals surface area contributed by atoms with E-state index in [1.165, 1.54) is 39.0 Å². The van der Waals surface area contributed by atoms with Gasteiger partial charge >= 0.3 is 0 Å². The zero-order valence-electron chi connectivity index (χ0n) is 16.6. The van der Waals surface area contributed by atoms with Crippen molar-refractivity contribution in [3.05, 3.63) is 24.2 Å². The number of nitrogens with one attached hydrogen (secondary N) is 2. The second-order valence-electron chi connectivity index (χ2n) is 7.81. The molecule has 0 aromatic carbocycles. The number of fused-ring (bicyclic) bond motifs is 3. The fourth-order valence-corrected chi connectivity index (χ4v) is 4.21. The first-order valence-corrected chi connectivity index (χ1v) is 10.5. The van der Waals surface area contributed by atoms with E-state index in [4.69, 9.17) is 14.1 Å². The number of furan rings is 1. The van der Waals surface area contributed by atoms with Crippen molar-refractivity contribution in [3.63, 3.8) is 0 Å². The zero-order valence-corrected chi connectivity index (χ0v) is 19.0. The highest BCUT2D eigenvalue weighted by Crippen LogP contribution is 2.15. The van der Waals surface area contributed by atoms with Gasteiger partial charge in [-0.3, -0.25) is 14.8 Å². The highest BCUT2D eigenvalue weighted by atomic mass is 127. The average Bonchev–Trinajstić information content (AvgIpc) is 3.25. The number of ether oxygens (including phenoxy) is 1. The Balaban J connectivity index is 0.00000225. The lowest BCUT2D eigenvalue weighted by Crippen LogP contribution is -2.62. The minimum Gasteiger partial charge on any atom is -0.469 e. The van der Waals surface area contributed by atoms with Crippen LogP contribution in [0, 0.1) is 0 Å². The molecule has 2 atom stereocenters. The van der Waals surface area contributed by atoms with Crippen molar-refractivity contribution < 1.29 is 9.15 Å². The number of nitrogens with zero attached hydrogens (tertiary/aromatic N) is 3. The molecule has 0 spiro atoms. The summed E-state index contributed by atoms with van der Waals surface area (Å²) >= 11 is 0. The summed E-state index contributed by atoms with van der Waals surface area (Å²) in [7, 11) is 0. The SMILES string of the molecule is I.c1coc(CCNC(=NCC2CN3CCN2CC3)NCC2CCCCO2)c1. The van der Waals surface area contributed by atoms with Crippen molar-refractivity contribution in [1.29, 1.82) is 0 Å². The van der Waals surface area contributed by atoms with Crippen LogP contribution in [-0.2, 0) is 11.2 Å². The molecule has 2 unspecified atom stereocenters. The van der Waals surface area contributed by atoms with Crippen LogP contribution in [-0.4, -0.2) is 86.9 Å². The van der Waals surface area contributed by atoms with E-state index < -0.39 is 0 Å². The molecule has 0 saturated carbocycles. The maximum Gasteiger partial charge on any atom is 0.191 e. The molecule has 4 fully saturated rings. The summed E-state index contributed by atoms with van der Waals surface area (Å²) in [5.74, 6) is 1.90. The van der Waals surface area contributed by atoms with E-state index in [9.17, 15) is 0 Å². The summed E-state index contributed by atoms with van der Waals surface area (Å²) < 4.78 is 11.3. The number of hydrogen-bond acceptors (Lipinski definition) is 5. The van der Waals surface area contributed by atoms with E-state index in [1.807, 2.05) is 12.1 Å². The lowest BCUT2D eigenvalue weighted by atomic mass is 10.1. The molecular weight excluding hydrogens is 469 g/mol. The summed E-state index contributed by atoms with van der Waals surface area (Å²) in [6.45, 7) is 9.32. The minimum absolute atomic E-state index is 0. The van der Waals surface area contributed by atoms with Crippen molar-refractivity contribution in [1.82, 2.24) is 20.4 Å². The van der Waals surface area contributed by atoms with Crippen LogP contribution in [0.2, 0.25) is 0 Å². The molecule has 4 saturated heterocycles. The molecule has 5 heterocycles. The Morgan fingerprint density at radius 3 is 2.75 bits per heavy atom. The first kappa shape index (κ1) is 21.9. The third-order valence-electron chi connectivity index (χ3n) is 5.87. The van der Waals surface area contributed by atoms with Gasteiger partial charge in [-0.15, -0.1) is 24.0 Å². The van der Waals surface area contributed by atoms with Crippen molar-refractivity contribution in [2.24, 2.45) is 4.99 Å². The Hall–Kier alpha value is -0.840. The van der Waals surface area contributed by atoms with Crippen LogP contribution in [0.15, 0.2) is 27.8 Å². The summed E-state index contributed by atoms with van der Waals surface area (Å²) in [4.78, 5) is 10.1. The van der Waals surface area contributed by atoms with Crippen LogP contribution in [0.5, 0.6) is 0 Å². The number of rotatable bonds is 7. The molecule has 7 nitrogen and oxygen atoms in total. The highest BCUT2D eigenvalue weighted by Gasteiger charge is 2.31. The number of halogens is 1. The summed E-state index contributed by atoms with van der Waals surface area (Å²) in [5, 5.41) is 6.98. The average molecular weight is 503 g/mol. The molecule has 4 aliphatic rings. The molecule has 4 aliphatic heterocycles. The number of piperazine rings is 3. The molecule has 8 heteroatoms. The topological polar surface area (TPSA) is 65.3 Å². The molecule has 1 aromatic rings. The number of guanidine groups is 1. The molecule has 2 N–H and O–H groups in total. The Kier molecular flexibility index (Phi) is 8.88. The second kappa shape index (κ2) is 11.4. The lowest BCUT2D eigenvalue weighted by molar-refractivity contribution is 0.0170. The van der Waals surface area contributed by atoms with Gasteiger partial charge in [0.25, 0.3) is 0 Å². The van der Waals surface area contributed by atoms with Gasteiger partial charge in [0.05, 0.1) is 18.9 Å². The molecule has 0 aliphatic carbocycles. The van der Waals surface area contributed by atoms with Crippen LogP contribution < -0.4 is 10.6 Å². The van der Waals surface area contributed by atoms with E-state index in [2.05, 4.69) is 20.4 Å². The van der Waals surface area contributed by atoms with Crippen molar-refractivity contribution in [2.45, 2.75) is 37.8 Å². The van der Waals surface area contributed by atoms with E-state index in [0.29, 0.717) is 12.1 Å². The Morgan fingerprint density at radius 1 is 1.18 bits per heavy atom. The predicted octanol–water partition coefficient (Wildman–Crippen LogP) is 1.54. The maximum absolute atomic E-state index is 5.85. The van der Waals surface area contributed by atoms with Crippen LogP contribution in [0.4, 0.5) is 0 Å². The molecule has 0 radical (unpaired) electrons. The van der Waals surface area contributed by atoms with E-state index in [0.717, 1.165) is 57.3 Å². The molecular formula is C20H34IN5O2. The van der Waals surface area contributed by atoms with Crippen LogP contribution in [0.25, 0.3) is 0 Å². The zero-order chi connectivity index (χ0) is 18.3. The van der Waals surface area contributed by atoms with Crippen LogP contribution in [0.1, 0.15) is 25.0 Å². The van der Waals surface area contributed by atoms with Gasteiger partial charge in [-0.05, 0) is 31.4 Å². The van der Waals surface area contributed by atoms with Gasteiger partial charge in [0, 0.05) is 64.9 Å². The van der Waals surface area contributed by atoms with Crippen LogP contribution in [0.3, 0.4) is 0 Å². The standard InChI is InChI=1S/C20H33N5O2.HI/c1-2-12-27-19(4-1)15-23-20(21-7-6-18-5-3-13-26-18)22-14-17-16-24-8-10-25(17)11-9-24;/h3,5,13,17,19H,1-2,4,6-12,14-16H2,(H2,21,22,23);1H. The third-order valence-corrected chi connectivity index (χ3v) is 5.87. The first-order chi connectivity index (χ1) is 13.4. The first-order valence-electron chi connectivity index (χ1n) is 10.5. The Labute approximate surface area is 185 Å². The largest absolute Gasteiger partial charge is 0.469 e. The molecule has 5 rings (SSSR count). The van der Waals surface area contributed by atoms with Gasteiger partial charge in [0.2, 0.25) is 0 Å². The molecule has 1 aromatic heterocycles. The van der Waals surface area contributed by atoms with E-state index >= 15 is 0 Å². The van der Waals surface area contributed by atoms with E-state index in [1.54, 1.807) is 6.26 Å². The summed E-state index contributed by atoms with van der Waals surface area (Å²) in [6.07, 6.45) is 6.47. The van der Waals surface area contributed by atoms with Crippen LogP contribution >= 0.6 is 24.0 Å². The number of hydrogen-bond donors (Lipinski definition) is 2. The molecule has 158 valence electrons. The van der Waals surface area contributed by atoms with Gasteiger partial charge in [-0.1, -0.05) is 0 Å². The van der Waals surface area contributed by atoms with Gasteiger partial charge in [-0.25, -0.2) is 0 Å². The fraction of sp³-hybridized carbons (Fsp3) is 0.750.